The number of aromatic nitrogens is 2. The fraction of sp³-hybridized carbons (Fsp3) is 0.421. The molecular formula is C19H20F3N3O4S. The van der Waals surface area contributed by atoms with Crippen LogP contribution in [0.2, 0.25) is 0 Å². The van der Waals surface area contributed by atoms with E-state index in [1.807, 2.05) is 6.92 Å². The van der Waals surface area contributed by atoms with E-state index in [1.54, 1.807) is 0 Å². The lowest BCUT2D eigenvalue weighted by molar-refractivity contribution is -0.153. The van der Waals surface area contributed by atoms with E-state index in [9.17, 15) is 22.8 Å². The molecule has 7 nitrogen and oxygen atoms in total. The summed E-state index contributed by atoms with van der Waals surface area (Å²) in [4.78, 5) is 29.2. The van der Waals surface area contributed by atoms with Crippen LogP contribution in [0.3, 0.4) is 0 Å². The molecule has 1 aliphatic rings. The second kappa shape index (κ2) is 9.52. The SMILES string of the molecule is CCOCCCSc1nc2c(c(=O)n1-c1ccc(OCC(F)(F)F)cc1)CC(=O)N2. The minimum atomic E-state index is -4.44. The molecule has 1 amide bonds. The third-order valence-corrected chi connectivity index (χ3v) is 5.13. The van der Waals surface area contributed by atoms with Gasteiger partial charge in [-0.3, -0.25) is 14.2 Å². The van der Waals surface area contributed by atoms with Crippen LogP contribution in [0.5, 0.6) is 5.75 Å². The number of anilines is 1. The zero-order valence-corrected chi connectivity index (χ0v) is 16.9. The standard InChI is InChI=1S/C19H20F3N3O4S/c1-2-28-8-3-9-30-18-24-16-14(10-15(26)23-16)17(27)25(18)12-4-6-13(7-5-12)29-11-19(20,21)22/h4-7H,2-3,8-11H2,1H3,(H,23,26). The molecule has 1 aromatic heterocycles. The molecule has 2 heterocycles. The third-order valence-electron chi connectivity index (χ3n) is 4.11. The van der Waals surface area contributed by atoms with Gasteiger partial charge in [0.25, 0.3) is 5.56 Å². The van der Waals surface area contributed by atoms with Crippen molar-refractivity contribution in [1.29, 1.82) is 0 Å². The number of amides is 1. The highest BCUT2D eigenvalue weighted by molar-refractivity contribution is 7.99. The molecular weight excluding hydrogens is 423 g/mol. The van der Waals surface area contributed by atoms with Crippen LogP contribution < -0.4 is 15.6 Å². The molecule has 162 valence electrons. The molecule has 0 aliphatic carbocycles. The molecule has 0 unspecified atom stereocenters. The average molecular weight is 443 g/mol. The highest BCUT2D eigenvalue weighted by Gasteiger charge is 2.29. The Morgan fingerprint density at radius 2 is 1.97 bits per heavy atom. The molecule has 0 spiro atoms. The van der Waals surface area contributed by atoms with Gasteiger partial charge in [0.05, 0.1) is 17.7 Å². The van der Waals surface area contributed by atoms with Crippen molar-refractivity contribution in [1.82, 2.24) is 9.55 Å². The summed E-state index contributed by atoms with van der Waals surface area (Å²) in [5.41, 5.74) is 0.284. The number of thioether (sulfide) groups is 1. The van der Waals surface area contributed by atoms with Gasteiger partial charge in [-0.25, -0.2) is 4.98 Å². The Labute approximate surface area is 174 Å². The maximum Gasteiger partial charge on any atom is 0.422 e. The molecule has 0 fully saturated rings. The lowest BCUT2D eigenvalue weighted by Gasteiger charge is -2.14. The van der Waals surface area contributed by atoms with Gasteiger partial charge in [-0.2, -0.15) is 13.2 Å². The van der Waals surface area contributed by atoms with Gasteiger partial charge in [-0.05, 0) is 37.6 Å². The van der Waals surface area contributed by atoms with Crippen molar-refractivity contribution in [2.24, 2.45) is 0 Å². The fourth-order valence-corrected chi connectivity index (χ4v) is 3.70. The van der Waals surface area contributed by atoms with E-state index in [-0.39, 0.29) is 29.5 Å². The van der Waals surface area contributed by atoms with Crippen LogP contribution in [0.1, 0.15) is 18.9 Å². The van der Waals surface area contributed by atoms with Crippen molar-refractivity contribution in [3.63, 3.8) is 0 Å². The number of ether oxygens (including phenoxy) is 2. The van der Waals surface area contributed by atoms with E-state index in [0.717, 1.165) is 6.42 Å². The van der Waals surface area contributed by atoms with Gasteiger partial charge in [-0.1, -0.05) is 11.8 Å². The van der Waals surface area contributed by atoms with E-state index in [1.165, 1.54) is 40.6 Å². The summed E-state index contributed by atoms with van der Waals surface area (Å²) in [5.74, 6) is 0.599. The first-order chi connectivity index (χ1) is 14.3. The van der Waals surface area contributed by atoms with Crippen molar-refractivity contribution in [3.05, 3.63) is 40.2 Å². The van der Waals surface area contributed by atoms with E-state index < -0.39 is 18.3 Å². The van der Waals surface area contributed by atoms with E-state index in [2.05, 4.69) is 10.3 Å². The maximum atomic E-state index is 13.0. The number of benzene rings is 1. The minimum Gasteiger partial charge on any atom is -0.484 e. The molecule has 2 aromatic rings. The largest absolute Gasteiger partial charge is 0.484 e. The molecule has 3 rings (SSSR count). The second-order valence-corrected chi connectivity index (χ2v) is 7.45. The van der Waals surface area contributed by atoms with Crippen LogP contribution in [0.15, 0.2) is 34.2 Å². The monoisotopic (exact) mass is 443 g/mol. The second-order valence-electron chi connectivity index (χ2n) is 6.38. The van der Waals surface area contributed by atoms with E-state index >= 15 is 0 Å². The van der Waals surface area contributed by atoms with Gasteiger partial charge < -0.3 is 14.8 Å². The smallest absolute Gasteiger partial charge is 0.422 e. The number of hydrogen-bond acceptors (Lipinski definition) is 6. The number of rotatable bonds is 9. The Balaban J connectivity index is 1.87. The Bertz CT molecular complexity index is 961. The van der Waals surface area contributed by atoms with Gasteiger partial charge in [-0.15, -0.1) is 0 Å². The van der Waals surface area contributed by atoms with Crippen LogP contribution in [0.4, 0.5) is 19.0 Å². The summed E-state index contributed by atoms with van der Waals surface area (Å²) in [7, 11) is 0. The molecule has 11 heteroatoms. The number of nitrogens with one attached hydrogen (secondary N) is 1. The first kappa shape index (κ1) is 22.2. The average Bonchev–Trinajstić information content (AvgIpc) is 3.07. The summed E-state index contributed by atoms with van der Waals surface area (Å²) in [6.07, 6.45) is -3.77. The lowest BCUT2D eigenvalue weighted by Crippen LogP contribution is -2.24. The van der Waals surface area contributed by atoms with Crippen molar-refractivity contribution in [3.8, 4) is 11.4 Å². The Morgan fingerprint density at radius 1 is 1.23 bits per heavy atom. The number of nitrogens with zero attached hydrogens (tertiary/aromatic N) is 2. The van der Waals surface area contributed by atoms with Crippen LogP contribution >= 0.6 is 11.8 Å². The number of carbonyl (C=O) groups excluding carboxylic acids is 1. The highest BCUT2D eigenvalue weighted by atomic mass is 32.2. The number of hydrogen-bond donors (Lipinski definition) is 1. The molecule has 1 aliphatic heterocycles. The van der Waals surface area contributed by atoms with Crippen molar-refractivity contribution >= 4 is 23.5 Å². The molecule has 1 aromatic carbocycles. The van der Waals surface area contributed by atoms with Crippen LogP contribution in [-0.2, 0) is 16.0 Å². The summed E-state index contributed by atoms with van der Waals surface area (Å²) in [6, 6.07) is 5.67. The topological polar surface area (TPSA) is 82.4 Å². The number of carbonyl (C=O) groups is 1. The molecule has 0 radical (unpaired) electrons. The van der Waals surface area contributed by atoms with Gasteiger partial charge >= 0.3 is 6.18 Å². The minimum absolute atomic E-state index is 0.0287. The summed E-state index contributed by atoms with van der Waals surface area (Å²) in [6.45, 7) is 1.68. The zero-order valence-electron chi connectivity index (χ0n) is 16.1. The molecule has 30 heavy (non-hydrogen) atoms. The molecule has 0 bridgehead atoms. The van der Waals surface area contributed by atoms with E-state index in [4.69, 9.17) is 9.47 Å². The summed E-state index contributed by atoms with van der Waals surface area (Å²) in [5, 5.41) is 2.96. The Kier molecular flexibility index (Phi) is 7.03. The first-order valence-electron chi connectivity index (χ1n) is 9.25. The van der Waals surface area contributed by atoms with Gasteiger partial charge in [0, 0.05) is 19.0 Å². The molecule has 0 atom stereocenters. The first-order valence-corrected chi connectivity index (χ1v) is 10.2. The van der Waals surface area contributed by atoms with Crippen molar-refractivity contribution in [2.75, 3.05) is 30.9 Å². The zero-order chi connectivity index (χ0) is 21.7. The number of halogens is 3. The molecule has 1 N–H and O–H groups in total. The fourth-order valence-electron chi connectivity index (χ4n) is 2.79. The Morgan fingerprint density at radius 3 is 2.63 bits per heavy atom. The maximum absolute atomic E-state index is 13.0. The summed E-state index contributed by atoms with van der Waals surface area (Å²) >= 11 is 1.33. The van der Waals surface area contributed by atoms with Crippen LogP contribution in [0, 0.1) is 0 Å². The third kappa shape index (κ3) is 5.54. The highest BCUT2D eigenvalue weighted by Crippen LogP contribution is 2.26. The Hall–Kier alpha value is -2.53. The number of fused-ring (bicyclic) bond motifs is 1. The van der Waals surface area contributed by atoms with Crippen LogP contribution in [0.25, 0.3) is 5.69 Å². The van der Waals surface area contributed by atoms with E-state index in [0.29, 0.717) is 29.8 Å². The van der Waals surface area contributed by atoms with Gasteiger partial charge in [0.15, 0.2) is 11.8 Å². The normalized spacial score (nSPS) is 13.3. The predicted octanol–water partition coefficient (Wildman–Crippen LogP) is 3.19. The van der Waals surface area contributed by atoms with Crippen molar-refractivity contribution < 1.29 is 27.4 Å². The van der Waals surface area contributed by atoms with Crippen LogP contribution in [-0.4, -0.2) is 47.2 Å². The van der Waals surface area contributed by atoms with Gasteiger partial charge in [0.1, 0.15) is 11.6 Å². The molecule has 0 saturated heterocycles. The van der Waals surface area contributed by atoms with Gasteiger partial charge in [0.2, 0.25) is 5.91 Å². The number of alkyl halides is 3. The molecule has 0 saturated carbocycles. The quantitative estimate of drug-likeness (QED) is 0.364. The lowest BCUT2D eigenvalue weighted by atomic mass is 10.2. The summed E-state index contributed by atoms with van der Waals surface area (Å²) < 4.78 is 48.3. The van der Waals surface area contributed by atoms with Crippen molar-refractivity contribution in [2.45, 2.75) is 31.1 Å². The predicted molar refractivity (Wildman–Crippen MR) is 106 cm³/mol.